The van der Waals surface area contributed by atoms with Gasteiger partial charge in [-0.25, -0.2) is 10.2 Å². The number of hydrogen-bond acceptors (Lipinski definition) is 4. The molecular weight excluding hydrogens is 681 g/mol. The summed E-state index contributed by atoms with van der Waals surface area (Å²) < 4.78 is 7.67. The lowest BCUT2D eigenvalue weighted by molar-refractivity contribution is 0.0696. The van der Waals surface area contributed by atoms with Crippen molar-refractivity contribution < 1.29 is 19.4 Å². The molecule has 0 aliphatic rings. The van der Waals surface area contributed by atoms with Crippen molar-refractivity contribution >= 4 is 86.5 Å². The summed E-state index contributed by atoms with van der Waals surface area (Å²) in [5, 5.41) is 13.6. The molecule has 10 heteroatoms. The Labute approximate surface area is 221 Å². The fourth-order valence-electron chi connectivity index (χ4n) is 2.56. The summed E-state index contributed by atoms with van der Waals surface area (Å²) in [6.07, 6.45) is 1.54. The number of nitrogens with zero attached hydrogens (tertiary/aromatic N) is 1. The van der Waals surface area contributed by atoms with Crippen molar-refractivity contribution in [2.75, 3.05) is 0 Å². The van der Waals surface area contributed by atoms with Crippen LogP contribution in [0.1, 0.15) is 31.8 Å². The molecule has 3 aromatic rings. The molecule has 1 amide bonds. The van der Waals surface area contributed by atoms with E-state index in [1.54, 1.807) is 36.4 Å². The van der Waals surface area contributed by atoms with Gasteiger partial charge in [0.1, 0.15) is 12.4 Å². The first kappa shape index (κ1) is 24.7. The Hall–Kier alpha value is -1.89. The molecule has 0 saturated heterocycles. The second-order valence-electron chi connectivity index (χ2n) is 6.43. The Morgan fingerprint density at radius 2 is 1.59 bits per heavy atom. The molecule has 32 heavy (non-hydrogen) atoms. The minimum absolute atomic E-state index is 0.229. The van der Waals surface area contributed by atoms with Crippen LogP contribution in [0.15, 0.2) is 59.7 Å². The number of carbonyl (C=O) groups is 2. The number of aromatic carboxylic acids is 1. The lowest BCUT2D eigenvalue weighted by Crippen LogP contribution is -2.17. The molecule has 0 saturated carbocycles. The van der Waals surface area contributed by atoms with E-state index in [-0.39, 0.29) is 5.56 Å². The summed E-state index contributed by atoms with van der Waals surface area (Å²) >= 11 is 16.1. The van der Waals surface area contributed by atoms with Crippen LogP contribution in [-0.4, -0.2) is 23.2 Å². The van der Waals surface area contributed by atoms with Crippen LogP contribution in [0, 0.1) is 7.14 Å². The highest BCUT2D eigenvalue weighted by atomic mass is 127. The third kappa shape index (κ3) is 6.56. The second kappa shape index (κ2) is 11.3. The van der Waals surface area contributed by atoms with E-state index < -0.39 is 11.9 Å². The standard InChI is InChI=1S/C22H14Cl2I2N2O4/c23-16-6-5-15(9-17(16)24)21(29)28-27-10-13-7-18(25)20(19(26)8-13)32-11-12-1-3-14(4-2-12)22(30)31/h1-10H,11H2,(H,28,29)(H,30,31)/b27-10-. The van der Waals surface area contributed by atoms with E-state index in [1.165, 1.54) is 12.3 Å². The Bertz CT molecular complexity index is 1180. The number of carboxylic acid groups (broad SMARTS) is 1. The first-order valence-corrected chi connectivity index (χ1v) is 11.9. The second-order valence-corrected chi connectivity index (χ2v) is 9.57. The van der Waals surface area contributed by atoms with Gasteiger partial charge in [-0.1, -0.05) is 35.3 Å². The number of benzene rings is 3. The lowest BCUT2D eigenvalue weighted by Gasteiger charge is -2.11. The van der Waals surface area contributed by atoms with E-state index in [0.29, 0.717) is 28.0 Å². The topological polar surface area (TPSA) is 88.0 Å². The van der Waals surface area contributed by atoms with Crippen LogP contribution in [-0.2, 0) is 6.61 Å². The number of ether oxygens (including phenoxy) is 1. The molecule has 0 fully saturated rings. The minimum Gasteiger partial charge on any atom is -0.487 e. The Balaban J connectivity index is 1.63. The van der Waals surface area contributed by atoms with Crippen molar-refractivity contribution in [3.05, 3.63) is 94.0 Å². The van der Waals surface area contributed by atoms with Gasteiger partial charge in [0.15, 0.2) is 0 Å². The molecule has 2 N–H and O–H groups in total. The van der Waals surface area contributed by atoms with Crippen molar-refractivity contribution in [3.8, 4) is 5.75 Å². The van der Waals surface area contributed by atoms with E-state index in [0.717, 1.165) is 18.3 Å². The van der Waals surface area contributed by atoms with Crippen LogP contribution in [0.25, 0.3) is 0 Å². The summed E-state index contributed by atoms with van der Waals surface area (Å²) in [7, 11) is 0. The van der Waals surface area contributed by atoms with Gasteiger partial charge in [-0.3, -0.25) is 4.79 Å². The Morgan fingerprint density at radius 1 is 0.969 bits per heavy atom. The van der Waals surface area contributed by atoms with E-state index in [2.05, 4.69) is 55.7 Å². The van der Waals surface area contributed by atoms with Crippen molar-refractivity contribution in [3.63, 3.8) is 0 Å². The van der Waals surface area contributed by atoms with Gasteiger partial charge in [0.05, 0.1) is 29.0 Å². The summed E-state index contributed by atoms with van der Waals surface area (Å²) in [6.45, 7) is 0.305. The maximum atomic E-state index is 12.2. The molecule has 3 rings (SSSR count). The highest BCUT2D eigenvalue weighted by Gasteiger charge is 2.10. The van der Waals surface area contributed by atoms with E-state index in [4.69, 9.17) is 33.0 Å². The third-order valence-corrected chi connectivity index (χ3v) is 6.51. The number of nitrogens with one attached hydrogen (secondary N) is 1. The van der Waals surface area contributed by atoms with Gasteiger partial charge >= 0.3 is 5.97 Å². The van der Waals surface area contributed by atoms with Gasteiger partial charge in [0.25, 0.3) is 5.91 Å². The average molecular weight is 695 g/mol. The average Bonchev–Trinajstić information content (AvgIpc) is 2.75. The van der Waals surface area contributed by atoms with Gasteiger partial charge in [-0.15, -0.1) is 0 Å². The third-order valence-electron chi connectivity index (χ3n) is 4.17. The first-order chi connectivity index (χ1) is 15.2. The quantitative estimate of drug-likeness (QED) is 0.174. The number of carbonyl (C=O) groups excluding carboxylic acids is 1. The molecule has 164 valence electrons. The highest BCUT2D eigenvalue weighted by molar-refractivity contribution is 14.1. The van der Waals surface area contributed by atoms with Crippen LogP contribution in [0.2, 0.25) is 10.0 Å². The largest absolute Gasteiger partial charge is 0.487 e. The molecule has 3 aromatic carbocycles. The summed E-state index contributed by atoms with van der Waals surface area (Å²) in [4.78, 5) is 23.1. The maximum Gasteiger partial charge on any atom is 0.335 e. The number of halogens is 4. The SMILES string of the molecule is O=C(O)c1ccc(COc2c(I)cc(/C=N\NC(=O)c3ccc(Cl)c(Cl)c3)cc2I)cc1. The van der Waals surface area contributed by atoms with Crippen LogP contribution in [0.3, 0.4) is 0 Å². The van der Waals surface area contributed by atoms with Gasteiger partial charge in [-0.2, -0.15) is 5.10 Å². The number of amides is 1. The summed E-state index contributed by atoms with van der Waals surface area (Å²) in [5.74, 6) is -0.657. The van der Waals surface area contributed by atoms with Crippen LogP contribution in [0.4, 0.5) is 0 Å². The molecule has 0 aromatic heterocycles. The molecule has 0 heterocycles. The maximum absolute atomic E-state index is 12.2. The smallest absolute Gasteiger partial charge is 0.335 e. The van der Waals surface area contributed by atoms with E-state index in [9.17, 15) is 9.59 Å². The number of hydrazone groups is 1. The molecule has 6 nitrogen and oxygen atoms in total. The van der Waals surface area contributed by atoms with Crippen LogP contribution in [0.5, 0.6) is 5.75 Å². The zero-order valence-corrected chi connectivity index (χ0v) is 21.9. The first-order valence-electron chi connectivity index (χ1n) is 8.97. The monoisotopic (exact) mass is 694 g/mol. The minimum atomic E-state index is -0.966. The molecule has 0 atom stereocenters. The number of carboxylic acids is 1. The molecule has 0 radical (unpaired) electrons. The summed E-state index contributed by atoms with van der Waals surface area (Å²) in [5.41, 5.74) is 4.68. The molecule has 0 aliphatic carbocycles. The normalized spacial score (nSPS) is 10.9. The Morgan fingerprint density at radius 3 is 2.19 bits per heavy atom. The van der Waals surface area contributed by atoms with Crippen molar-refractivity contribution in [2.24, 2.45) is 5.10 Å². The zero-order valence-electron chi connectivity index (χ0n) is 16.1. The van der Waals surface area contributed by atoms with Crippen LogP contribution < -0.4 is 10.2 Å². The van der Waals surface area contributed by atoms with Crippen molar-refractivity contribution in [2.45, 2.75) is 6.61 Å². The fraction of sp³-hybridized carbons (Fsp3) is 0.0455. The zero-order chi connectivity index (χ0) is 23.3. The van der Waals surface area contributed by atoms with Gasteiger partial charge < -0.3 is 9.84 Å². The number of hydrogen-bond donors (Lipinski definition) is 2. The molecular formula is C22H14Cl2I2N2O4. The van der Waals surface area contributed by atoms with Gasteiger partial charge in [-0.05, 0) is 98.8 Å². The number of rotatable bonds is 7. The molecule has 0 bridgehead atoms. The van der Waals surface area contributed by atoms with E-state index >= 15 is 0 Å². The molecule has 0 spiro atoms. The summed E-state index contributed by atoms with van der Waals surface area (Å²) in [6, 6.07) is 14.9. The fourth-order valence-corrected chi connectivity index (χ4v) is 4.98. The van der Waals surface area contributed by atoms with Gasteiger partial charge in [0.2, 0.25) is 0 Å². The van der Waals surface area contributed by atoms with Crippen molar-refractivity contribution in [1.29, 1.82) is 0 Å². The van der Waals surface area contributed by atoms with Gasteiger partial charge in [0, 0.05) is 5.56 Å². The Kier molecular flexibility index (Phi) is 8.74. The molecule has 0 unspecified atom stereocenters. The lowest BCUT2D eigenvalue weighted by atomic mass is 10.1. The van der Waals surface area contributed by atoms with Crippen molar-refractivity contribution in [1.82, 2.24) is 5.43 Å². The highest BCUT2D eigenvalue weighted by Crippen LogP contribution is 2.29. The predicted octanol–water partition coefficient (Wildman–Crippen LogP) is 6.24. The van der Waals surface area contributed by atoms with Crippen LogP contribution >= 0.6 is 68.4 Å². The van der Waals surface area contributed by atoms with E-state index in [1.807, 2.05) is 12.1 Å². The molecule has 0 aliphatic heterocycles. The predicted molar refractivity (Wildman–Crippen MR) is 141 cm³/mol.